The van der Waals surface area contributed by atoms with Crippen molar-refractivity contribution < 1.29 is 14.4 Å². The molecule has 1 N–H and O–H groups in total. The van der Waals surface area contributed by atoms with Crippen molar-refractivity contribution in [1.82, 2.24) is 10.2 Å². The lowest BCUT2D eigenvalue weighted by atomic mass is 9.85. The summed E-state index contributed by atoms with van der Waals surface area (Å²) in [6.45, 7) is 2.08. The topological polar surface area (TPSA) is 66.5 Å². The number of imide groups is 1. The first-order valence-electron chi connectivity index (χ1n) is 8.42. The monoisotopic (exact) mass is 326 g/mol. The van der Waals surface area contributed by atoms with Crippen LogP contribution in [0.4, 0.5) is 0 Å². The van der Waals surface area contributed by atoms with E-state index in [1.54, 1.807) is 0 Å². The van der Waals surface area contributed by atoms with Gasteiger partial charge in [-0.3, -0.25) is 19.3 Å². The van der Waals surface area contributed by atoms with Crippen molar-refractivity contribution in [1.29, 1.82) is 0 Å². The van der Waals surface area contributed by atoms with Gasteiger partial charge < -0.3 is 5.32 Å². The first-order chi connectivity index (χ1) is 11.6. The smallest absolute Gasteiger partial charge is 0.233 e. The van der Waals surface area contributed by atoms with E-state index in [9.17, 15) is 14.4 Å². The van der Waals surface area contributed by atoms with E-state index in [1.807, 2.05) is 49.4 Å². The molecular formula is C19H22N2O3. The Kier molecular flexibility index (Phi) is 4.79. The zero-order valence-corrected chi connectivity index (χ0v) is 13.8. The minimum Gasteiger partial charge on any atom is -0.350 e. The zero-order valence-electron chi connectivity index (χ0n) is 13.8. The predicted molar refractivity (Wildman–Crippen MR) is 89.7 cm³/mol. The number of amides is 3. The molecule has 1 saturated heterocycles. The molecule has 1 aliphatic heterocycles. The van der Waals surface area contributed by atoms with Gasteiger partial charge in [0, 0.05) is 13.0 Å². The minimum absolute atomic E-state index is 0.101. The van der Waals surface area contributed by atoms with Crippen LogP contribution in [0.5, 0.6) is 0 Å². The van der Waals surface area contributed by atoms with Crippen molar-refractivity contribution in [2.45, 2.75) is 32.2 Å². The van der Waals surface area contributed by atoms with E-state index in [2.05, 4.69) is 5.32 Å². The van der Waals surface area contributed by atoms with E-state index >= 15 is 0 Å². The van der Waals surface area contributed by atoms with Crippen LogP contribution < -0.4 is 5.32 Å². The molecule has 1 aromatic rings. The van der Waals surface area contributed by atoms with Crippen molar-refractivity contribution >= 4 is 17.7 Å². The van der Waals surface area contributed by atoms with Crippen molar-refractivity contribution in [3.8, 4) is 0 Å². The average Bonchev–Trinajstić information content (AvgIpc) is 2.85. The summed E-state index contributed by atoms with van der Waals surface area (Å²) in [4.78, 5) is 38.1. The fourth-order valence-corrected chi connectivity index (χ4v) is 3.44. The molecule has 0 spiro atoms. The Hall–Kier alpha value is -2.43. The number of carbonyl (C=O) groups is 3. The predicted octanol–water partition coefficient (Wildman–Crippen LogP) is 2.21. The summed E-state index contributed by atoms with van der Waals surface area (Å²) in [7, 11) is 0. The van der Waals surface area contributed by atoms with E-state index in [4.69, 9.17) is 0 Å². The third-order valence-electron chi connectivity index (χ3n) is 4.84. The molecule has 1 aromatic carbocycles. The summed E-state index contributed by atoms with van der Waals surface area (Å²) in [5.41, 5.74) is 1.02. The molecule has 5 heteroatoms. The summed E-state index contributed by atoms with van der Waals surface area (Å²) >= 11 is 0. The van der Waals surface area contributed by atoms with Gasteiger partial charge in [0.1, 0.15) is 0 Å². The summed E-state index contributed by atoms with van der Waals surface area (Å²) in [6, 6.07) is 9.59. The van der Waals surface area contributed by atoms with Crippen LogP contribution in [0, 0.1) is 11.8 Å². The molecule has 0 unspecified atom stereocenters. The van der Waals surface area contributed by atoms with Crippen LogP contribution in [0.3, 0.4) is 0 Å². The number of fused-ring (bicyclic) bond motifs is 1. The molecule has 2 aliphatic rings. The molecule has 3 amide bonds. The standard InChI is InChI=1S/C19H22N2O3/c1-13(14-7-3-2-4-8-14)20-17(22)11-12-21-18(23)15-9-5-6-10-16(15)19(21)24/h2-8,13,15-16H,9-12H2,1H3,(H,20,22)/t13-,15-,16+/m0/s1. The normalized spacial score (nSPS) is 24.0. The maximum atomic E-state index is 12.3. The number of likely N-dealkylation sites (tertiary alicyclic amines) is 1. The Morgan fingerprint density at radius 1 is 1.12 bits per heavy atom. The number of allylic oxidation sites excluding steroid dienone is 2. The van der Waals surface area contributed by atoms with E-state index in [0.29, 0.717) is 12.8 Å². The summed E-state index contributed by atoms with van der Waals surface area (Å²) in [5, 5.41) is 2.91. The molecular weight excluding hydrogens is 304 g/mol. The average molecular weight is 326 g/mol. The van der Waals surface area contributed by atoms with Crippen LogP contribution in [0.15, 0.2) is 42.5 Å². The highest BCUT2D eigenvalue weighted by atomic mass is 16.2. The quantitative estimate of drug-likeness (QED) is 0.666. The van der Waals surface area contributed by atoms with Gasteiger partial charge in [-0.25, -0.2) is 0 Å². The molecule has 0 saturated carbocycles. The van der Waals surface area contributed by atoms with E-state index < -0.39 is 0 Å². The summed E-state index contributed by atoms with van der Waals surface area (Å²) in [6.07, 6.45) is 5.32. The molecule has 1 heterocycles. The molecule has 3 atom stereocenters. The maximum absolute atomic E-state index is 12.3. The SMILES string of the molecule is C[C@H](NC(=O)CCN1C(=O)[C@H]2CC=CC[C@H]2C1=O)c1ccccc1. The number of rotatable bonds is 5. The van der Waals surface area contributed by atoms with Gasteiger partial charge >= 0.3 is 0 Å². The number of hydrogen-bond donors (Lipinski definition) is 1. The summed E-state index contributed by atoms with van der Waals surface area (Å²) < 4.78 is 0. The number of nitrogens with zero attached hydrogens (tertiary/aromatic N) is 1. The van der Waals surface area contributed by atoms with Gasteiger partial charge in [0.15, 0.2) is 0 Å². The van der Waals surface area contributed by atoms with Crippen LogP contribution in [0.2, 0.25) is 0 Å². The Morgan fingerprint density at radius 3 is 2.29 bits per heavy atom. The Morgan fingerprint density at radius 2 is 1.71 bits per heavy atom. The van der Waals surface area contributed by atoms with Gasteiger partial charge in [0.2, 0.25) is 17.7 Å². The molecule has 5 nitrogen and oxygen atoms in total. The van der Waals surface area contributed by atoms with Gasteiger partial charge in [-0.1, -0.05) is 42.5 Å². The highest BCUT2D eigenvalue weighted by Crippen LogP contribution is 2.34. The second-order valence-corrected chi connectivity index (χ2v) is 6.43. The second-order valence-electron chi connectivity index (χ2n) is 6.43. The first-order valence-corrected chi connectivity index (χ1v) is 8.42. The van der Waals surface area contributed by atoms with E-state index in [-0.39, 0.29) is 48.6 Å². The number of carbonyl (C=O) groups excluding carboxylic acids is 3. The lowest BCUT2D eigenvalue weighted by Crippen LogP contribution is -2.36. The maximum Gasteiger partial charge on any atom is 0.233 e. The van der Waals surface area contributed by atoms with Crippen molar-refractivity contribution in [3.63, 3.8) is 0 Å². The Balaban J connectivity index is 1.53. The van der Waals surface area contributed by atoms with Crippen LogP contribution in [0.1, 0.15) is 37.8 Å². The van der Waals surface area contributed by atoms with E-state index in [1.165, 1.54) is 4.90 Å². The molecule has 24 heavy (non-hydrogen) atoms. The minimum atomic E-state index is -0.228. The molecule has 0 bridgehead atoms. The van der Waals surface area contributed by atoms with Crippen LogP contribution >= 0.6 is 0 Å². The van der Waals surface area contributed by atoms with Gasteiger partial charge in [0.05, 0.1) is 17.9 Å². The first kappa shape index (κ1) is 16.4. The number of benzene rings is 1. The molecule has 3 rings (SSSR count). The van der Waals surface area contributed by atoms with Crippen LogP contribution in [0.25, 0.3) is 0 Å². The largest absolute Gasteiger partial charge is 0.350 e. The summed E-state index contributed by atoms with van der Waals surface area (Å²) in [5.74, 6) is -0.862. The highest BCUT2D eigenvalue weighted by molar-refractivity contribution is 6.05. The zero-order chi connectivity index (χ0) is 17.1. The third-order valence-corrected chi connectivity index (χ3v) is 4.84. The Bertz CT molecular complexity index is 642. The van der Waals surface area contributed by atoms with Crippen molar-refractivity contribution in [3.05, 3.63) is 48.0 Å². The number of hydrogen-bond acceptors (Lipinski definition) is 3. The molecule has 0 radical (unpaired) electrons. The molecule has 1 aliphatic carbocycles. The van der Waals surface area contributed by atoms with Gasteiger partial charge in [-0.05, 0) is 25.3 Å². The van der Waals surface area contributed by atoms with Crippen molar-refractivity contribution in [2.24, 2.45) is 11.8 Å². The van der Waals surface area contributed by atoms with Crippen LogP contribution in [-0.2, 0) is 14.4 Å². The van der Waals surface area contributed by atoms with E-state index in [0.717, 1.165) is 5.56 Å². The van der Waals surface area contributed by atoms with Crippen molar-refractivity contribution in [2.75, 3.05) is 6.54 Å². The highest BCUT2D eigenvalue weighted by Gasteiger charge is 2.46. The fourth-order valence-electron chi connectivity index (χ4n) is 3.44. The molecule has 1 fully saturated rings. The van der Waals surface area contributed by atoms with Crippen LogP contribution in [-0.4, -0.2) is 29.2 Å². The number of nitrogens with one attached hydrogen (secondary N) is 1. The lowest BCUT2D eigenvalue weighted by Gasteiger charge is -2.17. The third kappa shape index (κ3) is 3.25. The molecule has 0 aromatic heterocycles. The van der Waals surface area contributed by atoms with Gasteiger partial charge in [-0.2, -0.15) is 0 Å². The Labute approximate surface area is 141 Å². The lowest BCUT2D eigenvalue weighted by molar-refractivity contribution is -0.140. The van der Waals surface area contributed by atoms with Gasteiger partial charge in [0.25, 0.3) is 0 Å². The fraction of sp³-hybridized carbons (Fsp3) is 0.421. The second kappa shape index (κ2) is 6.99. The molecule has 126 valence electrons. The van der Waals surface area contributed by atoms with Gasteiger partial charge in [-0.15, -0.1) is 0 Å².